The van der Waals surface area contributed by atoms with Gasteiger partial charge in [-0.2, -0.15) is 4.36 Å². The minimum absolute atomic E-state index is 0.0973. The Kier molecular flexibility index (Phi) is 6.94. The van der Waals surface area contributed by atoms with E-state index in [1.165, 1.54) is 0 Å². The highest BCUT2D eigenvalue weighted by atomic mass is 32.2. The average Bonchev–Trinajstić information content (AvgIpc) is 3.37. The van der Waals surface area contributed by atoms with Gasteiger partial charge in [0.05, 0.1) is 29.0 Å². The lowest BCUT2D eigenvalue weighted by molar-refractivity contribution is -0.131. The Morgan fingerprint density at radius 3 is 2.81 bits per heavy atom. The van der Waals surface area contributed by atoms with Crippen molar-refractivity contribution in [2.75, 3.05) is 44.0 Å². The average molecular weight is 512 g/mol. The molecule has 3 aromatic rings. The van der Waals surface area contributed by atoms with Crippen LogP contribution in [0.25, 0.3) is 22.4 Å². The number of anilines is 1. The number of carbonyl (C=O) groups is 1. The molecule has 0 radical (unpaired) electrons. The van der Waals surface area contributed by atoms with E-state index < -0.39 is 9.73 Å². The third-order valence-corrected chi connectivity index (χ3v) is 9.31. The Morgan fingerprint density at radius 2 is 2.06 bits per heavy atom. The monoisotopic (exact) mass is 511 g/mol. The molecule has 1 unspecified atom stereocenters. The minimum atomic E-state index is -2.60. The number of hydrogen-bond acceptors (Lipinski definition) is 8. The molecule has 2 saturated heterocycles. The summed E-state index contributed by atoms with van der Waals surface area (Å²) in [5.41, 5.74) is 1.60. The highest BCUT2D eigenvalue weighted by Crippen LogP contribution is 2.31. The first-order chi connectivity index (χ1) is 17.4. The number of rotatable bonds is 5. The van der Waals surface area contributed by atoms with Gasteiger partial charge in [0.1, 0.15) is 11.5 Å². The Balaban J connectivity index is 1.54. The SMILES string of the molecule is CCC(=O)N1CCC(S(C)(=O)=Nc2cc(N3CCOC[C@H]3C)nc(-c3ccnc4[nH]ccc34)n2)CC1. The lowest BCUT2D eigenvalue weighted by Crippen LogP contribution is -2.44. The van der Waals surface area contributed by atoms with Crippen LogP contribution in [0.5, 0.6) is 0 Å². The summed E-state index contributed by atoms with van der Waals surface area (Å²) < 4.78 is 24.2. The normalized spacial score (nSPS) is 20.9. The van der Waals surface area contributed by atoms with E-state index in [1.807, 2.05) is 36.2 Å². The zero-order valence-corrected chi connectivity index (χ0v) is 21.8. The summed E-state index contributed by atoms with van der Waals surface area (Å²) in [5, 5.41) is 0.820. The first kappa shape index (κ1) is 24.6. The maximum absolute atomic E-state index is 13.8. The van der Waals surface area contributed by atoms with Crippen LogP contribution in [0.3, 0.4) is 0 Å². The molecule has 0 spiro atoms. The lowest BCUT2D eigenvalue weighted by Gasteiger charge is -2.34. The molecule has 2 aliphatic rings. The van der Waals surface area contributed by atoms with E-state index >= 15 is 0 Å². The summed E-state index contributed by atoms with van der Waals surface area (Å²) in [7, 11) is -2.60. The number of fused-ring (bicyclic) bond motifs is 1. The topological polar surface area (TPSA) is 117 Å². The van der Waals surface area contributed by atoms with Gasteiger partial charge in [0.15, 0.2) is 11.6 Å². The van der Waals surface area contributed by atoms with Crippen molar-refractivity contribution in [1.29, 1.82) is 0 Å². The molecule has 10 nitrogen and oxygen atoms in total. The zero-order chi connectivity index (χ0) is 25.3. The minimum Gasteiger partial charge on any atom is -0.377 e. The summed E-state index contributed by atoms with van der Waals surface area (Å²) >= 11 is 0. The van der Waals surface area contributed by atoms with Crippen LogP contribution in [0.2, 0.25) is 0 Å². The van der Waals surface area contributed by atoms with Gasteiger partial charge in [0.2, 0.25) is 5.91 Å². The molecular weight excluding hydrogens is 478 g/mol. The maximum atomic E-state index is 13.8. The smallest absolute Gasteiger partial charge is 0.222 e. The number of nitrogens with zero attached hydrogens (tertiary/aromatic N) is 6. The Morgan fingerprint density at radius 1 is 1.25 bits per heavy atom. The van der Waals surface area contributed by atoms with E-state index in [2.05, 4.69) is 21.8 Å². The Hall–Kier alpha value is -3.05. The van der Waals surface area contributed by atoms with E-state index in [1.54, 1.807) is 12.5 Å². The van der Waals surface area contributed by atoms with Crippen LogP contribution in [0.15, 0.2) is 35.0 Å². The fourth-order valence-electron chi connectivity index (χ4n) is 4.99. The van der Waals surface area contributed by atoms with Crippen molar-refractivity contribution in [1.82, 2.24) is 24.8 Å². The molecule has 0 aromatic carbocycles. The van der Waals surface area contributed by atoms with Crippen LogP contribution in [0, 0.1) is 0 Å². The van der Waals surface area contributed by atoms with Gasteiger partial charge in [-0.3, -0.25) is 4.79 Å². The van der Waals surface area contributed by atoms with Crippen LogP contribution in [-0.4, -0.2) is 85.3 Å². The molecule has 2 aliphatic heterocycles. The molecule has 0 bridgehead atoms. The standard InChI is InChI=1S/C25H33N7O3S/c1-4-23(33)31-11-7-18(8-12-31)36(3,34)30-21-15-22(32-13-14-35-16-17(32)2)29-25(28-21)20-6-10-27-24-19(20)5-9-26-24/h5-6,9-10,15,17-18H,4,7-8,11-14,16H2,1-3H3,(H,26,27)/t17-,36?/m1/s1. The first-order valence-electron chi connectivity index (χ1n) is 12.5. The summed E-state index contributed by atoms with van der Waals surface area (Å²) in [6.45, 7) is 7.14. The molecule has 5 heterocycles. The molecule has 0 saturated carbocycles. The fraction of sp³-hybridized carbons (Fsp3) is 0.520. The van der Waals surface area contributed by atoms with E-state index in [-0.39, 0.29) is 17.2 Å². The first-order valence-corrected chi connectivity index (χ1v) is 14.5. The van der Waals surface area contributed by atoms with E-state index in [0.29, 0.717) is 63.8 Å². The number of aromatic amines is 1. The van der Waals surface area contributed by atoms with Crippen molar-refractivity contribution in [2.24, 2.45) is 4.36 Å². The number of pyridine rings is 1. The van der Waals surface area contributed by atoms with Crippen molar-refractivity contribution < 1.29 is 13.7 Å². The molecule has 11 heteroatoms. The summed E-state index contributed by atoms with van der Waals surface area (Å²) in [6.07, 6.45) is 7.12. The van der Waals surface area contributed by atoms with Gasteiger partial charge < -0.3 is 19.5 Å². The van der Waals surface area contributed by atoms with Crippen LogP contribution in [0.4, 0.5) is 11.6 Å². The van der Waals surface area contributed by atoms with Gasteiger partial charge in [-0.25, -0.2) is 19.2 Å². The Labute approximate surface area is 211 Å². The number of amides is 1. The predicted octanol–water partition coefficient (Wildman–Crippen LogP) is 3.38. The summed E-state index contributed by atoms with van der Waals surface area (Å²) in [6, 6.07) is 5.83. The number of aromatic nitrogens is 4. The van der Waals surface area contributed by atoms with Gasteiger partial charge in [-0.1, -0.05) is 6.92 Å². The summed E-state index contributed by atoms with van der Waals surface area (Å²) in [5.74, 6) is 1.82. The second-order valence-electron chi connectivity index (χ2n) is 9.51. The molecule has 1 N–H and O–H groups in total. The van der Waals surface area contributed by atoms with Gasteiger partial charge in [0.25, 0.3) is 0 Å². The molecule has 5 rings (SSSR count). The third-order valence-electron chi connectivity index (χ3n) is 7.05. The van der Waals surface area contributed by atoms with Gasteiger partial charge >= 0.3 is 0 Å². The number of hydrogen-bond donors (Lipinski definition) is 1. The molecule has 1 amide bonds. The molecule has 2 fully saturated rings. The quantitative estimate of drug-likeness (QED) is 0.558. The van der Waals surface area contributed by atoms with Crippen LogP contribution in [-0.2, 0) is 19.3 Å². The second-order valence-corrected chi connectivity index (χ2v) is 12.1. The lowest BCUT2D eigenvalue weighted by atomic mass is 10.1. The summed E-state index contributed by atoms with van der Waals surface area (Å²) in [4.78, 5) is 33.3. The number of ether oxygens (including phenoxy) is 1. The number of piperidine rings is 1. The highest BCUT2D eigenvalue weighted by Gasteiger charge is 2.28. The van der Waals surface area contributed by atoms with Gasteiger partial charge in [-0.05, 0) is 31.9 Å². The number of morpholine rings is 1. The maximum Gasteiger partial charge on any atom is 0.222 e. The molecule has 36 heavy (non-hydrogen) atoms. The van der Waals surface area contributed by atoms with Crippen LogP contribution < -0.4 is 4.90 Å². The van der Waals surface area contributed by atoms with Gasteiger partial charge in [-0.15, -0.1) is 0 Å². The van der Waals surface area contributed by atoms with E-state index in [9.17, 15) is 9.00 Å². The van der Waals surface area contributed by atoms with Crippen molar-refractivity contribution >= 4 is 38.3 Å². The fourth-order valence-corrected chi connectivity index (χ4v) is 6.69. The van der Waals surface area contributed by atoms with Crippen LogP contribution in [0.1, 0.15) is 33.1 Å². The van der Waals surface area contributed by atoms with Crippen molar-refractivity contribution in [3.63, 3.8) is 0 Å². The van der Waals surface area contributed by atoms with Crippen molar-refractivity contribution in [3.8, 4) is 11.4 Å². The van der Waals surface area contributed by atoms with Crippen molar-refractivity contribution in [3.05, 3.63) is 30.6 Å². The number of H-pyrrole nitrogens is 1. The largest absolute Gasteiger partial charge is 0.377 e. The van der Waals surface area contributed by atoms with Crippen LogP contribution >= 0.6 is 0 Å². The molecule has 2 atom stereocenters. The number of carbonyl (C=O) groups excluding carboxylic acids is 1. The van der Waals surface area contributed by atoms with Crippen molar-refractivity contribution in [2.45, 2.75) is 44.4 Å². The zero-order valence-electron chi connectivity index (χ0n) is 21.0. The van der Waals surface area contributed by atoms with Gasteiger partial charge in [0, 0.05) is 67.0 Å². The second kappa shape index (κ2) is 10.1. The molecule has 3 aromatic heterocycles. The number of likely N-dealkylation sites (tertiary alicyclic amines) is 1. The molecular formula is C25H33N7O3S. The Bertz CT molecular complexity index is 1370. The predicted molar refractivity (Wildman–Crippen MR) is 141 cm³/mol. The molecule has 192 valence electrons. The highest BCUT2D eigenvalue weighted by molar-refractivity contribution is 7.93. The third kappa shape index (κ3) is 4.94. The van der Waals surface area contributed by atoms with E-state index in [0.717, 1.165) is 22.4 Å². The molecule has 0 aliphatic carbocycles. The number of nitrogens with one attached hydrogen (secondary N) is 1. The van der Waals surface area contributed by atoms with E-state index in [4.69, 9.17) is 19.1 Å².